The van der Waals surface area contributed by atoms with Crippen LogP contribution in [0.1, 0.15) is 32.6 Å². The predicted octanol–water partition coefficient (Wildman–Crippen LogP) is 0.901. The second kappa shape index (κ2) is 4.22. The van der Waals surface area contributed by atoms with Crippen molar-refractivity contribution >= 4 is 17.0 Å². The van der Waals surface area contributed by atoms with Crippen LogP contribution in [0.3, 0.4) is 0 Å². The van der Waals surface area contributed by atoms with E-state index in [0.29, 0.717) is 11.7 Å². The first-order valence-electron chi connectivity index (χ1n) is 5.47. The van der Waals surface area contributed by atoms with Crippen LogP contribution >= 0.6 is 0 Å². The van der Waals surface area contributed by atoms with Crippen molar-refractivity contribution < 1.29 is 14.1 Å². The molecular weight excluding hydrogens is 214 g/mol. The van der Waals surface area contributed by atoms with E-state index in [1.54, 1.807) is 0 Å². The zero-order valence-corrected chi connectivity index (χ0v) is 9.63. The van der Waals surface area contributed by atoms with Gasteiger partial charge in [0.1, 0.15) is 0 Å². The third-order valence-electron chi connectivity index (χ3n) is 3.31. The molecule has 0 spiro atoms. The SMILES string of the molecule is CC1CC(NS(=O)C2CC2)CC1C(=O)O. The molecule has 0 aromatic carbocycles. The Kier molecular flexibility index (Phi) is 3.11. The molecule has 2 aliphatic rings. The molecule has 4 unspecified atom stereocenters. The monoisotopic (exact) mass is 231 g/mol. The van der Waals surface area contributed by atoms with Crippen molar-refractivity contribution in [2.75, 3.05) is 0 Å². The van der Waals surface area contributed by atoms with Gasteiger partial charge in [0.25, 0.3) is 0 Å². The van der Waals surface area contributed by atoms with Gasteiger partial charge in [-0.3, -0.25) is 4.79 Å². The van der Waals surface area contributed by atoms with Gasteiger partial charge in [0.2, 0.25) is 0 Å². The highest BCUT2D eigenvalue weighted by Crippen LogP contribution is 2.33. The Morgan fingerprint density at radius 2 is 2.07 bits per heavy atom. The number of carboxylic acids is 1. The summed E-state index contributed by atoms with van der Waals surface area (Å²) in [7, 11) is -0.936. The van der Waals surface area contributed by atoms with Crippen LogP contribution in [-0.2, 0) is 15.8 Å². The lowest BCUT2D eigenvalue weighted by Crippen LogP contribution is -2.31. The second-order valence-corrected chi connectivity index (χ2v) is 6.20. The number of carbonyl (C=O) groups is 1. The van der Waals surface area contributed by atoms with E-state index in [-0.39, 0.29) is 17.9 Å². The highest BCUT2D eigenvalue weighted by Gasteiger charge is 2.38. The molecule has 0 bridgehead atoms. The van der Waals surface area contributed by atoms with E-state index in [1.807, 2.05) is 6.92 Å². The summed E-state index contributed by atoms with van der Waals surface area (Å²) >= 11 is 0. The van der Waals surface area contributed by atoms with Gasteiger partial charge in [-0.25, -0.2) is 8.93 Å². The van der Waals surface area contributed by atoms with Gasteiger partial charge in [0.05, 0.1) is 16.9 Å². The number of rotatable bonds is 4. The van der Waals surface area contributed by atoms with Gasteiger partial charge in [-0.15, -0.1) is 0 Å². The highest BCUT2D eigenvalue weighted by atomic mass is 32.2. The first kappa shape index (κ1) is 11.1. The zero-order chi connectivity index (χ0) is 11.0. The van der Waals surface area contributed by atoms with Gasteiger partial charge in [-0.1, -0.05) is 6.92 Å². The Hall–Kier alpha value is -0.420. The molecule has 0 aromatic heterocycles. The third-order valence-corrected chi connectivity index (χ3v) is 4.95. The fourth-order valence-electron chi connectivity index (χ4n) is 2.23. The molecule has 0 amide bonds. The maximum atomic E-state index is 11.6. The van der Waals surface area contributed by atoms with Crippen molar-refractivity contribution in [2.24, 2.45) is 11.8 Å². The van der Waals surface area contributed by atoms with E-state index in [1.165, 1.54) is 0 Å². The Balaban J connectivity index is 1.85. The lowest BCUT2D eigenvalue weighted by atomic mass is 9.99. The van der Waals surface area contributed by atoms with Gasteiger partial charge in [-0.05, 0) is 31.6 Å². The molecule has 0 saturated heterocycles. The van der Waals surface area contributed by atoms with Crippen LogP contribution in [0.4, 0.5) is 0 Å². The Morgan fingerprint density at radius 3 is 2.53 bits per heavy atom. The standard InChI is InChI=1S/C10H17NO3S/c1-6-4-7(5-9(6)10(12)13)11-15(14)8-2-3-8/h6-9,11H,2-5H2,1H3,(H,12,13). The normalized spacial score (nSPS) is 37.8. The third kappa shape index (κ3) is 2.58. The Labute approximate surface area is 92.0 Å². The molecule has 4 nitrogen and oxygen atoms in total. The summed E-state index contributed by atoms with van der Waals surface area (Å²) in [6.07, 6.45) is 3.54. The fraction of sp³-hybridized carbons (Fsp3) is 0.900. The van der Waals surface area contributed by atoms with Gasteiger partial charge in [0, 0.05) is 11.3 Å². The molecule has 0 aliphatic heterocycles. The fourth-order valence-corrected chi connectivity index (χ4v) is 3.51. The maximum Gasteiger partial charge on any atom is 0.306 e. The number of nitrogens with one attached hydrogen (secondary N) is 1. The zero-order valence-electron chi connectivity index (χ0n) is 8.81. The van der Waals surface area contributed by atoms with Crippen molar-refractivity contribution in [2.45, 2.75) is 43.9 Å². The summed E-state index contributed by atoms with van der Waals surface area (Å²) in [6, 6.07) is 0.127. The molecule has 0 heterocycles. The van der Waals surface area contributed by atoms with E-state index in [2.05, 4.69) is 4.72 Å². The minimum absolute atomic E-state index is 0.127. The van der Waals surface area contributed by atoms with E-state index >= 15 is 0 Å². The molecule has 2 aliphatic carbocycles. The Bertz CT molecular complexity index is 290. The number of aliphatic carboxylic acids is 1. The van der Waals surface area contributed by atoms with Crippen molar-refractivity contribution in [3.63, 3.8) is 0 Å². The summed E-state index contributed by atoms with van der Waals surface area (Å²) in [4.78, 5) is 10.9. The van der Waals surface area contributed by atoms with E-state index in [0.717, 1.165) is 19.3 Å². The van der Waals surface area contributed by atoms with Crippen LogP contribution in [0.25, 0.3) is 0 Å². The molecule has 2 rings (SSSR count). The molecule has 2 N–H and O–H groups in total. The van der Waals surface area contributed by atoms with Crippen molar-refractivity contribution in [3.8, 4) is 0 Å². The summed E-state index contributed by atoms with van der Waals surface area (Å²) in [5.74, 6) is -0.793. The van der Waals surface area contributed by atoms with Crippen LogP contribution in [0.15, 0.2) is 0 Å². The van der Waals surface area contributed by atoms with E-state index in [9.17, 15) is 9.00 Å². The second-order valence-electron chi connectivity index (χ2n) is 4.70. The van der Waals surface area contributed by atoms with Crippen LogP contribution in [-0.4, -0.2) is 26.6 Å². The lowest BCUT2D eigenvalue weighted by Gasteiger charge is -2.10. The number of hydrogen-bond donors (Lipinski definition) is 2. The maximum absolute atomic E-state index is 11.6. The molecule has 5 heteroatoms. The summed E-state index contributed by atoms with van der Waals surface area (Å²) in [6.45, 7) is 1.96. The number of carboxylic acid groups (broad SMARTS) is 1. The molecule has 86 valence electrons. The van der Waals surface area contributed by atoms with Gasteiger partial charge < -0.3 is 5.11 Å². The van der Waals surface area contributed by atoms with Gasteiger partial charge >= 0.3 is 5.97 Å². The van der Waals surface area contributed by atoms with Crippen LogP contribution < -0.4 is 4.72 Å². The van der Waals surface area contributed by atoms with Gasteiger partial charge in [-0.2, -0.15) is 0 Å². The smallest absolute Gasteiger partial charge is 0.306 e. The molecule has 2 saturated carbocycles. The molecular formula is C10H17NO3S. The van der Waals surface area contributed by atoms with Gasteiger partial charge in [0.15, 0.2) is 0 Å². The average Bonchev–Trinajstić information content (AvgIpc) is 2.91. The molecule has 4 atom stereocenters. The Morgan fingerprint density at radius 1 is 1.40 bits per heavy atom. The molecule has 15 heavy (non-hydrogen) atoms. The first-order valence-corrected chi connectivity index (χ1v) is 6.68. The average molecular weight is 231 g/mol. The predicted molar refractivity (Wildman–Crippen MR) is 57.6 cm³/mol. The molecule has 2 fully saturated rings. The van der Waals surface area contributed by atoms with Crippen molar-refractivity contribution in [1.82, 2.24) is 4.72 Å². The highest BCUT2D eigenvalue weighted by molar-refractivity contribution is 7.84. The minimum atomic E-state index is -0.936. The quantitative estimate of drug-likeness (QED) is 0.755. The topological polar surface area (TPSA) is 66.4 Å². The van der Waals surface area contributed by atoms with Crippen LogP contribution in [0.2, 0.25) is 0 Å². The summed E-state index contributed by atoms with van der Waals surface area (Å²) in [5.41, 5.74) is 0. The van der Waals surface area contributed by atoms with Crippen molar-refractivity contribution in [1.29, 1.82) is 0 Å². The minimum Gasteiger partial charge on any atom is -0.481 e. The van der Waals surface area contributed by atoms with E-state index < -0.39 is 17.0 Å². The molecule has 0 aromatic rings. The lowest BCUT2D eigenvalue weighted by molar-refractivity contribution is -0.142. The first-order chi connectivity index (χ1) is 7.08. The summed E-state index contributed by atoms with van der Waals surface area (Å²) < 4.78 is 14.7. The summed E-state index contributed by atoms with van der Waals surface area (Å²) in [5, 5.41) is 9.28. The van der Waals surface area contributed by atoms with Crippen LogP contribution in [0, 0.1) is 11.8 Å². The van der Waals surface area contributed by atoms with Crippen LogP contribution in [0.5, 0.6) is 0 Å². The number of hydrogen-bond acceptors (Lipinski definition) is 2. The van der Waals surface area contributed by atoms with Crippen molar-refractivity contribution in [3.05, 3.63) is 0 Å². The van der Waals surface area contributed by atoms with E-state index in [4.69, 9.17) is 5.11 Å². The largest absolute Gasteiger partial charge is 0.481 e. The molecule has 0 radical (unpaired) electrons.